The highest BCUT2D eigenvalue weighted by atomic mass is 32.1. The Morgan fingerprint density at radius 1 is 1.34 bits per heavy atom. The molecule has 3 aromatic rings. The Kier molecular flexibility index (Phi) is 4.69. The topological polar surface area (TPSA) is 68.2 Å². The van der Waals surface area contributed by atoms with Crippen LogP contribution in [0.5, 0.6) is 0 Å². The van der Waals surface area contributed by atoms with Gasteiger partial charge in [0.1, 0.15) is 0 Å². The Labute approximate surface area is 174 Å². The molecule has 2 aliphatic rings. The number of aromatic nitrogens is 2. The zero-order valence-electron chi connectivity index (χ0n) is 16.9. The summed E-state index contributed by atoms with van der Waals surface area (Å²) in [7, 11) is 1.94. The molecule has 2 aromatic heterocycles. The lowest BCUT2D eigenvalue weighted by Crippen LogP contribution is -2.44. The van der Waals surface area contributed by atoms with Gasteiger partial charge in [-0.1, -0.05) is 11.6 Å². The summed E-state index contributed by atoms with van der Waals surface area (Å²) in [6.07, 6.45) is 2.83. The fourth-order valence-electron chi connectivity index (χ4n) is 4.61. The van der Waals surface area contributed by atoms with E-state index in [2.05, 4.69) is 46.9 Å². The Bertz CT molecular complexity index is 1080. The molecule has 2 N–H and O–H groups in total. The Hall–Kier alpha value is -2.22. The molecule has 0 aliphatic carbocycles. The summed E-state index contributed by atoms with van der Waals surface area (Å²) < 4.78 is 8.11. The van der Waals surface area contributed by atoms with Crippen LogP contribution in [-0.2, 0) is 30.4 Å². The molecule has 0 bridgehead atoms. The van der Waals surface area contributed by atoms with Crippen LogP contribution in [-0.4, -0.2) is 35.4 Å². The smallest absolute Gasteiger partial charge is 0.261 e. The van der Waals surface area contributed by atoms with Gasteiger partial charge in [-0.05, 0) is 56.6 Å². The molecule has 4 heterocycles. The lowest BCUT2D eigenvalue weighted by Gasteiger charge is -2.40. The van der Waals surface area contributed by atoms with Crippen LogP contribution in [0, 0.1) is 6.92 Å². The predicted octanol–water partition coefficient (Wildman–Crippen LogP) is 3.02. The molecule has 5 rings (SSSR count). The van der Waals surface area contributed by atoms with Crippen LogP contribution in [0.25, 0.3) is 10.9 Å². The number of ether oxygens (including phenoxy) is 1. The zero-order valence-corrected chi connectivity index (χ0v) is 17.7. The molecule has 0 unspecified atom stereocenters. The number of hydrogen-bond donors (Lipinski definition) is 2. The van der Waals surface area contributed by atoms with Crippen molar-refractivity contribution >= 4 is 28.1 Å². The van der Waals surface area contributed by atoms with E-state index in [-0.39, 0.29) is 11.5 Å². The van der Waals surface area contributed by atoms with Gasteiger partial charge in [0.25, 0.3) is 5.91 Å². The number of carbonyl (C=O) groups excluding carboxylic acids is 1. The first kappa shape index (κ1) is 18.8. The van der Waals surface area contributed by atoms with Crippen LogP contribution in [0.15, 0.2) is 24.3 Å². The second-order valence-electron chi connectivity index (χ2n) is 8.06. The molecule has 2 aliphatic heterocycles. The molecule has 0 saturated carbocycles. The molecular formula is C22H26N4O2S. The van der Waals surface area contributed by atoms with E-state index >= 15 is 0 Å². The van der Waals surface area contributed by atoms with E-state index in [1.165, 1.54) is 16.0 Å². The molecule has 0 radical (unpaired) electrons. The number of benzene rings is 1. The van der Waals surface area contributed by atoms with Gasteiger partial charge in [-0.2, -0.15) is 5.10 Å². The first-order chi connectivity index (χ1) is 14.1. The average molecular weight is 411 g/mol. The van der Waals surface area contributed by atoms with Gasteiger partial charge >= 0.3 is 0 Å². The number of fused-ring (bicyclic) bond motifs is 3. The van der Waals surface area contributed by atoms with Crippen LogP contribution in [0.1, 0.15) is 44.2 Å². The van der Waals surface area contributed by atoms with E-state index in [1.807, 2.05) is 11.7 Å². The molecule has 152 valence electrons. The van der Waals surface area contributed by atoms with E-state index in [9.17, 15) is 4.79 Å². The number of rotatable bonds is 3. The second-order valence-corrected chi connectivity index (χ2v) is 9.20. The van der Waals surface area contributed by atoms with Crippen molar-refractivity contribution in [3.8, 4) is 0 Å². The van der Waals surface area contributed by atoms with E-state index in [4.69, 9.17) is 4.74 Å². The van der Waals surface area contributed by atoms with Gasteiger partial charge < -0.3 is 15.4 Å². The molecular weight excluding hydrogens is 384 g/mol. The Balaban J connectivity index is 1.37. The number of hydrogen-bond acceptors (Lipinski definition) is 5. The number of carbonyl (C=O) groups is 1. The predicted molar refractivity (Wildman–Crippen MR) is 114 cm³/mol. The molecule has 1 aromatic carbocycles. The first-order valence-electron chi connectivity index (χ1n) is 10.2. The van der Waals surface area contributed by atoms with E-state index in [0.29, 0.717) is 6.54 Å². The maximum atomic E-state index is 12.9. The van der Waals surface area contributed by atoms with Crippen molar-refractivity contribution in [2.24, 2.45) is 7.05 Å². The minimum absolute atomic E-state index is 0.0278. The van der Waals surface area contributed by atoms with Gasteiger partial charge in [-0.15, -0.1) is 11.3 Å². The lowest BCUT2D eigenvalue weighted by molar-refractivity contribution is -0.0792. The second kappa shape index (κ2) is 7.23. The quantitative estimate of drug-likeness (QED) is 0.697. The highest BCUT2D eigenvalue weighted by Gasteiger charge is 2.40. The van der Waals surface area contributed by atoms with Crippen LogP contribution in [0.3, 0.4) is 0 Å². The molecule has 1 amide bonds. The van der Waals surface area contributed by atoms with Crippen molar-refractivity contribution in [2.75, 3.05) is 19.7 Å². The number of amides is 1. The van der Waals surface area contributed by atoms with Gasteiger partial charge in [0.15, 0.2) is 0 Å². The van der Waals surface area contributed by atoms with Crippen molar-refractivity contribution in [1.29, 1.82) is 0 Å². The number of piperidine rings is 1. The summed E-state index contributed by atoms with van der Waals surface area (Å²) >= 11 is 1.62. The summed E-state index contributed by atoms with van der Waals surface area (Å²) in [5.74, 6) is -0.0278. The Morgan fingerprint density at radius 2 is 2.17 bits per heavy atom. The lowest BCUT2D eigenvalue weighted by atomic mass is 9.83. The maximum Gasteiger partial charge on any atom is 0.261 e. The molecule has 29 heavy (non-hydrogen) atoms. The molecule has 1 fully saturated rings. The van der Waals surface area contributed by atoms with Gasteiger partial charge in [-0.3, -0.25) is 9.48 Å². The SMILES string of the molecule is Cc1ccc2c(c1)c(CNC(=O)c1cc3c(s1)CCOC31CCNCC1)nn2C. The van der Waals surface area contributed by atoms with Gasteiger partial charge in [0.05, 0.1) is 34.8 Å². The fourth-order valence-corrected chi connectivity index (χ4v) is 5.75. The number of aryl methyl sites for hydroxylation is 2. The normalized spacial score (nSPS) is 18.1. The molecule has 0 atom stereocenters. The standard InChI is InChI=1S/C22H26N4O2S/c1-14-3-4-18-15(11-14)17(25-26(18)2)13-24-21(27)20-12-16-19(29-20)5-10-28-22(16)6-8-23-9-7-22/h3-4,11-12,23H,5-10,13H2,1-2H3,(H,24,27). The number of nitrogens with zero attached hydrogens (tertiary/aromatic N) is 2. The third-order valence-electron chi connectivity index (χ3n) is 6.14. The van der Waals surface area contributed by atoms with Crippen LogP contribution < -0.4 is 10.6 Å². The van der Waals surface area contributed by atoms with E-state index < -0.39 is 0 Å². The zero-order chi connectivity index (χ0) is 20.0. The minimum atomic E-state index is -0.206. The van der Waals surface area contributed by atoms with Gasteiger partial charge in [-0.25, -0.2) is 0 Å². The van der Waals surface area contributed by atoms with Gasteiger partial charge in [0, 0.05) is 23.7 Å². The third kappa shape index (κ3) is 3.27. The summed E-state index contributed by atoms with van der Waals surface area (Å²) in [4.78, 5) is 15.0. The highest BCUT2D eigenvalue weighted by molar-refractivity contribution is 7.14. The van der Waals surface area contributed by atoms with Crippen molar-refractivity contribution in [3.05, 3.63) is 50.8 Å². The van der Waals surface area contributed by atoms with Crippen molar-refractivity contribution in [1.82, 2.24) is 20.4 Å². The maximum absolute atomic E-state index is 12.9. The largest absolute Gasteiger partial charge is 0.370 e. The van der Waals surface area contributed by atoms with Crippen molar-refractivity contribution in [3.63, 3.8) is 0 Å². The van der Waals surface area contributed by atoms with Gasteiger partial charge in [0.2, 0.25) is 0 Å². The molecule has 1 saturated heterocycles. The summed E-state index contributed by atoms with van der Waals surface area (Å²) in [6.45, 7) is 5.16. The van der Waals surface area contributed by atoms with Crippen molar-refractivity contribution in [2.45, 2.75) is 38.3 Å². The number of thiophene rings is 1. The Morgan fingerprint density at radius 3 is 3.00 bits per heavy atom. The first-order valence-corrected chi connectivity index (χ1v) is 11.1. The average Bonchev–Trinajstić information content (AvgIpc) is 3.29. The summed E-state index contributed by atoms with van der Waals surface area (Å²) in [6, 6.07) is 8.36. The molecule has 7 heteroatoms. The number of nitrogens with one attached hydrogen (secondary N) is 2. The highest BCUT2D eigenvalue weighted by Crippen LogP contribution is 2.43. The van der Waals surface area contributed by atoms with Crippen LogP contribution in [0.4, 0.5) is 0 Å². The summed E-state index contributed by atoms with van der Waals surface area (Å²) in [5.41, 5.74) is 4.20. The van der Waals surface area contributed by atoms with E-state index in [1.54, 1.807) is 11.3 Å². The van der Waals surface area contributed by atoms with E-state index in [0.717, 1.165) is 60.4 Å². The van der Waals surface area contributed by atoms with Crippen molar-refractivity contribution < 1.29 is 9.53 Å². The third-order valence-corrected chi connectivity index (χ3v) is 7.33. The van der Waals surface area contributed by atoms with Crippen LogP contribution in [0.2, 0.25) is 0 Å². The molecule has 1 spiro atoms. The summed E-state index contributed by atoms with van der Waals surface area (Å²) in [5, 5.41) is 12.2. The minimum Gasteiger partial charge on any atom is -0.370 e. The van der Waals surface area contributed by atoms with Crippen LogP contribution >= 0.6 is 11.3 Å². The monoisotopic (exact) mass is 410 g/mol. The fraction of sp³-hybridized carbons (Fsp3) is 0.455. The molecule has 6 nitrogen and oxygen atoms in total.